The van der Waals surface area contributed by atoms with Gasteiger partial charge in [-0.05, 0) is 18.2 Å². The Hall–Kier alpha value is -3.30. The van der Waals surface area contributed by atoms with Gasteiger partial charge in [0.25, 0.3) is 5.56 Å². The topological polar surface area (TPSA) is 91.5 Å². The SMILES string of the molecule is COc1cccc(N2CC(C(=O)Nc3cc(C(F)(F)F)c[nH]c3=O)CC2=O)c1. The van der Waals surface area contributed by atoms with Gasteiger partial charge < -0.3 is 19.9 Å². The van der Waals surface area contributed by atoms with E-state index < -0.39 is 34.8 Å². The Bertz CT molecular complexity index is 971. The number of aromatic nitrogens is 1. The van der Waals surface area contributed by atoms with Crippen molar-refractivity contribution in [3.05, 3.63) is 52.4 Å². The molecule has 1 fully saturated rings. The molecule has 2 heterocycles. The Kier molecular flexibility index (Phi) is 5.12. The Morgan fingerprint density at radius 2 is 2.04 bits per heavy atom. The molecule has 2 aromatic rings. The van der Waals surface area contributed by atoms with Gasteiger partial charge in [-0.25, -0.2) is 0 Å². The Morgan fingerprint density at radius 1 is 1.29 bits per heavy atom. The van der Waals surface area contributed by atoms with Crippen LogP contribution in [0.3, 0.4) is 0 Å². The molecule has 0 spiro atoms. The van der Waals surface area contributed by atoms with E-state index in [1.54, 1.807) is 24.3 Å². The molecule has 1 aliphatic rings. The second kappa shape index (κ2) is 7.37. The fourth-order valence-electron chi connectivity index (χ4n) is 2.89. The smallest absolute Gasteiger partial charge is 0.417 e. The van der Waals surface area contributed by atoms with Crippen molar-refractivity contribution in [3.63, 3.8) is 0 Å². The molecule has 0 aliphatic carbocycles. The molecule has 0 bridgehead atoms. The second-order valence-electron chi connectivity index (χ2n) is 6.23. The zero-order valence-electron chi connectivity index (χ0n) is 14.7. The molecule has 2 N–H and O–H groups in total. The zero-order valence-corrected chi connectivity index (χ0v) is 14.7. The molecule has 1 unspecified atom stereocenters. The van der Waals surface area contributed by atoms with Gasteiger partial charge in [0.05, 0.1) is 18.6 Å². The van der Waals surface area contributed by atoms with Crippen molar-refractivity contribution in [2.45, 2.75) is 12.6 Å². The molecule has 3 rings (SSSR count). The molecule has 28 heavy (non-hydrogen) atoms. The number of pyridine rings is 1. The maximum atomic E-state index is 12.8. The molecule has 1 aromatic carbocycles. The third kappa shape index (κ3) is 4.00. The first-order valence-electron chi connectivity index (χ1n) is 8.24. The average Bonchev–Trinajstić information content (AvgIpc) is 3.04. The minimum absolute atomic E-state index is 0.0364. The summed E-state index contributed by atoms with van der Waals surface area (Å²) in [5, 5.41) is 2.19. The molecule has 1 aliphatic heterocycles. The lowest BCUT2D eigenvalue weighted by Crippen LogP contribution is -2.30. The maximum absolute atomic E-state index is 12.8. The number of nitrogens with one attached hydrogen (secondary N) is 2. The number of ether oxygens (including phenoxy) is 1. The molecular formula is C18H16F3N3O4. The fraction of sp³-hybridized carbons (Fsp3) is 0.278. The standard InChI is InChI=1S/C18H16F3N3O4/c1-28-13-4-2-3-12(7-13)24-9-10(5-15(24)25)16(26)23-14-6-11(18(19,20)21)8-22-17(14)27/h2-4,6-8,10H,5,9H2,1H3,(H,22,27)(H,23,26). The van der Waals surface area contributed by atoms with Gasteiger partial charge in [-0.3, -0.25) is 14.4 Å². The van der Waals surface area contributed by atoms with E-state index in [0.29, 0.717) is 23.7 Å². The highest BCUT2D eigenvalue weighted by molar-refractivity contribution is 6.03. The number of amides is 2. The molecule has 2 amide bonds. The summed E-state index contributed by atoms with van der Waals surface area (Å²) in [6.07, 6.45) is -4.27. The summed E-state index contributed by atoms with van der Waals surface area (Å²) in [6, 6.07) is 7.27. The lowest BCUT2D eigenvalue weighted by Gasteiger charge is -2.17. The molecule has 10 heteroatoms. The van der Waals surface area contributed by atoms with Gasteiger partial charge in [0, 0.05) is 30.9 Å². The maximum Gasteiger partial charge on any atom is 0.417 e. The van der Waals surface area contributed by atoms with Crippen molar-refractivity contribution in [2.24, 2.45) is 5.92 Å². The highest BCUT2D eigenvalue weighted by atomic mass is 19.4. The molecule has 1 atom stereocenters. The minimum Gasteiger partial charge on any atom is -0.497 e. The number of hydrogen-bond acceptors (Lipinski definition) is 4. The molecule has 0 radical (unpaired) electrons. The summed E-state index contributed by atoms with van der Waals surface area (Å²) >= 11 is 0. The number of nitrogens with zero attached hydrogens (tertiary/aromatic N) is 1. The second-order valence-corrected chi connectivity index (χ2v) is 6.23. The summed E-state index contributed by atoms with van der Waals surface area (Å²) in [7, 11) is 1.48. The van der Waals surface area contributed by atoms with Gasteiger partial charge in [0.15, 0.2) is 0 Å². The van der Waals surface area contributed by atoms with E-state index in [1.807, 2.05) is 4.98 Å². The van der Waals surface area contributed by atoms with Crippen molar-refractivity contribution in [1.29, 1.82) is 0 Å². The van der Waals surface area contributed by atoms with E-state index in [1.165, 1.54) is 12.0 Å². The number of benzene rings is 1. The van der Waals surface area contributed by atoms with E-state index in [0.717, 1.165) is 0 Å². The van der Waals surface area contributed by atoms with Crippen LogP contribution < -0.4 is 20.5 Å². The van der Waals surface area contributed by atoms with Gasteiger partial charge in [0.1, 0.15) is 11.4 Å². The van der Waals surface area contributed by atoms with E-state index in [2.05, 4.69) is 5.32 Å². The zero-order chi connectivity index (χ0) is 20.5. The molecule has 7 nitrogen and oxygen atoms in total. The summed E-state index contributed by atoms with van der Waals surface area (Å²) in [4.78, 5) is 39.8. The third-order valence-corrected chi connectivity index (χ3v) is 4.35. The predicted molar refractivity (Wildman–Crippen MR) is 94.1 cm³/mol. The van der Waals surface area contributed by atoms with E-state index in [9.17, 15) is 27.6 Å². The lowest BCUT2D eigenvalue weighted by atomic mass is 10.1. The monoisotopic (exact) mass is 395 g/mol. The lowest BCUT2D eigenvalue weighted by molar-refractivity contribution is -0.137. The van der Waals surface area contributed by atoms with Crippen molar-refractivity contribution in [2.75, 3.05) is 23.9 Å². The van der Waals surface area contributed by atoms with Crippen LogP contribution in [0.15, 0.2) is 41.3 Å². The van der Waals surface area contributed by atoms with Crippen LogP contribution in [0.5, 0.6) is 5.75 Å². The highest BCUT2D eigenvalue weighted by Gasteiger charge is 2.36. The van der Waals surface area contributed by atoms with Crippen molar-refractivity contribution in [1.82, 2.24) is 4.98 Å². The largest absolute Gasteiger partial charge is 0.497 e. The molecule has 1 aromatic heterocycles. The van der Waals surface area contributed by atoms with Crippen molar-refractivity contribution >= 4 is 23.2 Å². The van der Waals surface area contributed by atoms with Gasteiger partial charge in [-0.15, -0.1) is 0 Å². The van der Waals surface area contributed by atoms with Crippen molar-refractivity contribution in [3.8, 4) is 5.75 Å². The summed E-state index contributed by atoms with van der Waals surface area (Å²) in [6.45, 7) is 0.0364. The number of alkyl halides is 3. The van der Waals surface area contributed by atoms with Crippen LogP contribution in [-0.4, -0.2) is 30.5 Å². The summed E-state index contributed by atoms with van der Waals surface area (Å²) in [5.74, 6) is -1.30. The van der Waals surface area contributed by atoms with Crippen LogP contribution in [0.4, 0.5) is 24.5 Å². The van der Waals surface area contributed by atoms with Gasteiger partial charge in [-0.2, -0.15) is 13.2 Å². The van der Waals surface area contributed by atoms with Crippen LogP contribution in [-0.2, 0) is 15.8 Å². The van der Waals surface area contributed by atoms with Gasteiger partial charge in [-0.1, -0.05) is 6.07 Å². The average molecular weight is 395 g/mol. The van der Waals surface area contributed by atoms with Gasteiger partial charge in [0.2, 0.25) is 11.8 Å². The van der Waals surface area contributed by atoms with E-state index >= 15 is 0 Å². The number of halogens is 3. The number of H-pyrrole nitrogens is 1. The van der Waals surface area contributed by atoms with Crippen LogP contribution in [0.2, 0.25) is 0 Å². The molecule has 0 saturated carbocycles. The van der Waals surface area contributed by atoms with Crippen LogP contribution in [0, 0.1) is 5.92 Å². The first-order valence-corrected chi connectivity index (χ1v) is 8.24. The number of methoxy groups -OCH3 is 1. The first kappa shape index (κ1) is 19.5. The number of hydrogen-bond donors (Lipinski definition) is 2. The third-order valence-electron chi connectivity index (χ3n) is 4.35. The predicted octanol–water partition coefficient (Wildman–Crippen LogP) is 2.39. The fourth-order valence-corrected chi connectivity index (χ4v) is 2.89. The van der Waals surface area contributed by atoms with Crippen LogP contribution >= 0.6 is 0 Å². The normalized spacial score (nSPS) is 16.9. The Morgan fingerprint density at radius 3 is 2.71 bits per heavy atom. The van der Waals surface area contributed by atoms with Crippen LogP contribution in [0.25, 0.3) is 0 Å². The molecule has 1 saturated heterocycles. The first-order chi connectivity index (χ1) is 13.2. The van der Waals surface area contributed by atoms with E-state index in [-0.39, 0.29) is 18.9 Å². The van der Waals surface area contributed by atoms with Crippen molar-refractivity contribution < 1.29 is 27.5 Å². The minimum atomic E-state index is -4.67. The number of aromatic amines is 1. The summed E-state index contributed by atoms with van der Waals surface area (Å²) in [5.41, 5.74) is -1.94. The summed E-state index contributed by atoms with van der Waals surface area (Å²) < 4.78 is 43.5. The highest BCUT2D eigenvalue weighted by Crippen LogP contribution is 2.30. The number of rotatable bonds is 4. The Balaban J connectivity index is 1.76. The van der Waals surface area contributed by atoms with E-state index in [4.69, 9.17) is 4.74 Å². The number of carbonyl (C=O) groups is 2. The number of carbonyl (C=O) groups excluding carboxylic acids is 2. The molecule has 148 valence electrons. The van der Waals surface area contributed by atoms with Gasteiger partial charge >= 0.3 is 6.18 Å². The number of anilines is 2. The molecular weight excluding hydrogens is 379 g/mol. The Labute approximate surface area is 157 Å². The van der Waals surface area contributed by atoms with Crippen LogP contribution in [0.1, 0.15) is 12.0 Å². The quantitative estimate of drug-likeness (QED) is 0.832.